The number of para-hydroxylation sites is 1. The summed E-state index contributed by atoms with van der Waals surface area (Å²) in [6, 6.07) is 12.3. The Kier molecular flexibility index (Phi) is 7.18. The molecule has 1 heterocycles. The van der Waals surface area contributed by atoms with Crippen molar-refractivity contribution in [1.29, 1.82) is 0 Å². The minimum absolute atomic E-state index is 0.0791. The molecule has 0 bridgehead atoms. The molecule has 2 aromatic carbocycles. The molecule has 31 heavy (non-hydrogen) atoms. The molecule has 0 aliphatic heterocycles. The Morgan fingerprint density at radius 1 is 1.03 bits per heavy atom. The Morgan fingerprint density at radius 3 is 2.35 bits per heavy atom. The highest BCUT2D eigenvalue weighted by Crippen LogP contribution is 2.23. The van der Waals surface area contributed by atoms with Gasteiger partial charge in [-0.05, 0) is 36.1 Å². The summed E-state index contributed by atoms with van der Waals surface area (Å²) >= 11 is 0. The molecule has 0 aliphatic rings. The first-order chi connectivity index (χ1) is 14.9. The predicted octanol–water partition coefficient (Wildman–Crippen LogP) is 3.30. The highest BCUT2D eigenvalue weighted by Gasteiger charge is 2.25. The molecule has 0 unspecified atom stereocenters. The zero-order chi connectivity index (χ0) is 22.4. The van der Waals surface area contributed by atoms with Gasteiger partial charge in [-0.25, -0.2) is 0 Å². The zero-order valence-electron chi connectivity index (χ0n) is 18.3. The van der Waals surface area contributed by atoms with Gasteiger partial charge in [0.2, 0.25) is 5.91 Å². The molecule has 0 radical (unpaired) electrons. The van der Waals surface area contributed by atoms with Crippen molar-refractivity contribution in [2.24, 2.45) is 5.92 Å². The Labute approximate surface area is 182 Å². The number of methoxy groups -OCH3 is 2. The second-order valence-electron chi connectivity index (χ2n) is 7.70. The molecular weight excluding hydrogens is 394 g/mol. The molecule has 2 amide bonds. The van der Waals surface area contributed by atoms with Gasteiger partial charge in [-0.15, -0.1) is 0 Å². The average Bonchev–Trinajstić information content (AvgIpc) is 3.19. The molecule has 0 saturated heterocycles. The van der Waals surface area contributed by atoms with E-state index in [1.807, 2.05) is 38.2 Å². The van der Waals surface area contributed by atoms with Crippen LogP contribution in [0.25, 0.3) is 10.9 Å². The number of carbonyl (C=O) groups is 2. The van der Waals surface area contributed by atoms with E-state index in [1.165, 1.54) is 14.2 Å². The highest BCUT2D eigenvalue weighted by atomic mass is 16.5. The summed E-state index contributed by atoms with van der Waals surface area (Å²) in [5.41, 5.74) is 2.59. The number of carbonyl (C=O) groups excluding carboxylic acids is 2. The average molecular weight is 424 g/mol. The van der Waals surface area contributed by atoms with Gasteiger partial charge in [0.1, 0.15) is 17.5 Å². The van der Waals surface area contributed by atoms with Crippen molar-refractivity contribution in [3.8, 4) is 11.5 Å². The van der Waals surface area contributed by atoms with Gasteiger partial charge in [-0.2, -0.15) is 0 Å². The Bertz CT molecular complexity index is 1040. The van der Waals surface area contributed by atoms with Crippen LogP contribution in [-0.2, 0) is 11.2 Å². The number of rotatable bonds is 9. The number of benzene rings is 2. The van der Waals surface area contributed by atoms with E-state index in [0.29, 0.717) is 30.0 Å². The standard InChI is InChI=1S/C24H29N3O4/c1-15(2)22(27-23(28)17-11-18(30-3)13-19(12-17)31-4)24(29)25-10-9-16-14-26-21-8-6-5-7-20(16)21/h5-8,11-15,22,26H,9-10H2,1-4H3,(H,25,29)(H,27,28)/t22-/m0/s1. The zero-order valence-corrected chi connectivity index (χ0v) is 18.3. The number of amides is 2. The van der Waals surface area contributed by atoms with Crippen LogP contribution in [0.1, 0.15) is 29.8 Å². The predicted molar refractivity (Wildman–Crippen MR) is 121 cm³/mol. The molecule has 3 rings (SSSR count). The lowest BCUT2D eigenvalue weighted by Crippen LogP contribution is -2.50. The fraction of sp³-hybridized carbons (Fsp3) is 0.333. The first-order valence-electron chi connectivity index (χ1n) is 10.3. The first-order valence-corrected chi connectivity index (χ1v) is 10.3. The molecule has 0 aliphatic carbocycles. The van der Waals surface area contributed by atoms with E-state index >= 15 is 0 Å². The van der Waals surface area contributed by atoms with E-state index in [1.54, 1.807) is 18.2 Å². The molecule has 1 atom stereocenters. The monoisotopic (exact) mass is 423 g/mol. The Morgan fingerprint density at radius 2 is 1.71 bits per heavy atom. The fourth-order valence-electron chi connectivity index (χ4n) is 3.47. The van der Waals surface area contributed by atoms with Crippen LogP contribution in [0.5, 0.6) is 11.5 Å². The maximum Gasteiger partial charge on any atom is 0.252 e. The van der Waals surface area contributed by atoms with E-state index in [2.05, 4.69) is 21.7 Å². The number of H-pyrrole nitrogens is 1. The summed E-state index contributed by atoms with van der Waals surface area (Å²) in [7, 11) is 3.04. The van der Waals surface area contributed by atoms with Crippen molar-refractivity contribution in [2.75, 3.05) is 20.8 Å². The van der Waals surface area contributed by atoms with Crippen LogP contribution >= 0.6 is 0 Å². The lowest BCUT2D eigenvalue weighted by molar-refractivity contribution is -0.123. The maximum absolute atomic E-state index is 12.8. The molecule has 0 saturated carbocycles. The molecule has 164 valence electrons. The van der Waals surface area contributed by atoms with Gasteiger partial charge in [0.05, 0.1) is 14.2 Å². The van der Waals surface area contributed by atoms with Crippen LogP contribution in [-0.4, -0.2) is 43.6 Å². The largest absolute Gasteiger partial charge is 0.497 e. The summed E-state index contributed by atoms with van der Waals surface area (Å²) in [6.07, 6.45) is 2.66. The number of ether oxygens (including phenoxy) is 2. The lowest BCUT2D eigenvalue weighted by Gasteiger charge is -2.22. The van der Waals surface area contributed by atoms with Crippen molar-refractivity contribution in [1.82, 2.24) is 15.6 Å². The summed E-state index contributed by atoms with van der Waals surface area (Å²) in [4.78, 5) is 28.8. The lowest BCUT2D eigenvalue weighted by atomic mass is 10.0. The normalized spacial score (nSPS) is 11.9. The topological polar surface area (TPSA) is 92.4 Å². The third-order valence-corrected chi connectivity index (χ3v) is 5.22. The summed E-state index contributed by atoms with van der Waals surface area (Å²) in [6.45, 7) is 4.28. The molecule has 7 nitrogen and oxygen atoms in total. The van der Waals surface area contributed by atoms with E-state index in [-0.39, 0.29) is 17.7 Å². The third-order valence-electron chi connectivity index (χ3n) is 5.22. The van der Waals surface area contributed by atoms with Crippen LogP contribution < -0.4 is 20.1 Å². The molecule has 0 spiro atoms. The van der Waals surface area contributed by atoms with E-state index < -0.39 is 6.04 Å². The second kappa shape index (κ2) is 10.0. The van der Waals surface area contributed by atoms with Crippen molar-refractivity contribution in [2.45, 2.75) is 26.3 Å². The van der Waals surface area contributed by atoms with Gasteiger partial charge in [0, 0.05) is 35.3 Å². The van der Waals surface area contributed by atoms with Crippen LogP contribution in [0.2, 0.25) is 0 Å². The van der Waals surface area contributed by atoms with E-state index in [9.17, 15) is 9.59 Å². The number of fused-ring (bicyclic) bond motifs is 1. The van der Waals surface area contributed by atoms with Crippen molar-refractivity contribution in [3.05, 3.63) is 59.8 Å². The molecular formula is C24H29N3O4. The van der Waals surface area contributed by atoms with Crippen molar-refractivity contribution in [3.63, 3.8) is 0 Å². The van der Waals surface area contributed by atoms with Crippen LogP contribution in [0.4, 0.5) is 0 Å². The van der Waals surface area contributed by atoms with Gasteiger partial charge in [-0.1, -0.05) is 32.0 Å². The van der Waals surface area contributed by atoms with Crippen LogP contribution in [0.3, 0.4) is 0 Å². The SMILES string of the molecule is COc1cc(OC)cc(C(=O)N[C@H](C(=O)NCCc2c[nH]c3ccccc23)C(C)C)c1. The van der Waals surface area contributed by atoms with Gasteiger partial charge in [0.25, 0.3) is 5.91 Å². The summed E-state index contributed by atoms with van der Waals surface area (Å²) < 4.78 is 10.4. The number of aromatic amines is 1. The third kappa shape index (κ3) is 5.36. The quantitative estimate of drug-likeness (QED) is 0.492. The smallest absolute Gasteiger partial charge is 0.252 e. The van der Waals surface area contributed by atoms with E-state index in [0.717, 1.165) is 16.5 Å². The number of hydrogen-bond donors (Lipinski definition) is 3. The molecule has 3 aromatic rings. The van der Waals surface area contributed by atoms with Crippen LogP contribution in [0, 0.1) is 5.92 Å². The van der Waals surface area contributed by atoms with Gasteiger partial charge < -0.3 is 25.1 Å². The Balaban J connectivity index is 1.63. The number of nitrogens with one attached hydrogen (secondary N) is 3. The van der Waals surface area contributed by atoms with E-state index in [4.69, 9.17) is 9.47 Å². The molecule has 0 fully saturated rings. The van der Waals surface area contributed by atoms with Crippen molar-refractivity contribution < 1.29 is 19.1 Å². The summed E-state index contributed by atoms with van der Waals surface area (Å²) in [5, 5.41) is 6.94. The molecule has 1 aromatic heterocycles. The number of aromatic nitrogens is 1. The minimum Gasteiger partial charge on any atom is -0.497 e. The Hall–Kier alpha value is -3.48. The second-order valence-corrected chi connectivity index (χ2v) is 7.70. The van der Waals surface area contributed by atoms with Gasteiger partial charge in [0.15, 0.2) is 0 Å². The van der Waals surface area contributed by atoms with Crippen LogP contribution in [0.15, 0.2) is 48.7 Å². The molecule has 3 N–H and O–H groups in total. The highest BCUT2D eigenvalue weighted by molar-refractivity contribution is 5.98. The van der Waals surface area contributed by atoms with Gasteiger partial charge >= 0.3 is 0 Å². The molecule has 7 heteroatoms. The maximum atomic E-state index is 12.8. The number of hydrogen-bond acceptors (Lipinski definition) is 4. The summed E-state index contributed by atoms with van der Waals surface area (Å²) in [5.74, 6) is 0.368. The minimum atomic E-state index is -0.660. The van der Waals surface area contributed by atoms with Crippen molar-refractivity contribution >= 4 is 22.7 Å². The first kappa shape index (κ1) is 22.2. The van der Waals surface area contributed by atoms with Gasteiger partial charge in [-0.3, -0.25) is 9.59 Å². The fourth-order valence-corrected chi connectivity index (χ4v) is 3.47.